The summed E-state index contributed by atoms with van der Waals surface area (Å²) in [6, 6.07) is 11.1. The first-order valence-corrected chi connectivity index (χ1v) is 11.6. The van der Waals surface area contributed by atoms with Gasteiger partial charge in [-0.05, 0) is 56.5 Å². The van der Waals surface area contributed by atoms with E-state index in [1.54, 1.807) is 19.2 Å². The number of phenolic OH excluding ortho intramolecular Hbond substituents is 1. The minimum absolute atomic E-state index is 0.0500. The summed E-state index contributed by atoms with van der Waals surface area (Å²) < 4.78 is 12.0. The highest BCUT2D eigenvalue weighted by molar-refractivity contribution is 6.30. The number of hydrogen-bond acceptors (Lipinski definition) is 4. The molecule has 5 nitrogen and oxygen atoms in total. The van der Waals surface area contributed by atoms with Crippen molar-refractivity contribution in [2.75, 3.05) is 12.4 Å². The lowest BCUT2D eigenvalue weighted by Gasteiger charge is -2.33. The number of carbonyl (C=O) groups is 1. The minimum Gasteiger partial charge on any atom is -0.507 e. The molecule has 33 heavy (non-hydrogen) atoms. The summed E-state index contributed by atoms with van der Waals surface area (Å²) in [6.45, 7) is 8.05. The molecule has 0 spiro atoms. The van der Waals surface area contributed by atoms with E-state index in [4.69, 9.17) is 21.1 Å². The van der Waals surface area contributed by atoms with E-state index < -0.39 is 16.6 Å². The number of methoxy groups -OCH3 is 1. The Labute approximate surface area is 199 Å². The molecular formula is C27H28ClNO4. The Kier molecular flexibility index (Phi) is 5.02. The average Bonchev–Trinajstić information content (AvgIpc) is 3.34. The van der Waals surface area contributed by atoms with E-state index in [9.17, 15) is 9.90 Å². The Balaban J connectivity index is 1.58. The van der Waals surface area contributed by atoms with E-state index in [2.05, 4.69) is 11.9 Å². The summed E-state index contributed by atoms with van der Waals surface area (Å²) in [4.78, 5) is 13.0. The number of amides is 1. The predicted molar refractivity (Wildman–Crippen MR) is 130 cm³/mol. The Morgan fingerprint density at radius 3 is 2.67 bits per heavy atom. The summed E-state index contributed by atoms with van der Waals surface area (Å²) in [6.07, 6.45) is 6.20. The number of hydrogen-bond donors (Lipinski definition) is 2. The van der Waals surface area contributed by atoms with E-state index in [1.807, 2.05) is 50.3 Å². The van der Waals surface area contributed by atoms with Crippen LogP contribution in [0, 0.1) is 0 Å². The molecule has 172 valence electrons. The van der Waals surface area contributed by atoms with Gasteiger partial charge in [-0.15, -0.1) is 0 Å². The molecule has 6 heteroatoms. The van der Waals surface area contributed by atoms with E-state index >= 15 is 0 Å². The van der Waals surface area contributed by atoms with E-state index in [1.165, 1.54) is 0 Å². The molecular weight excluding hydrogens is 438 g/mol. The van der Waals surface area contributed by atoms with Gasteiger partial charge in [-0.2, -0.15) is 0 Å². The standard InChI is InChI=1S/C27H28ClNO4/c1-16(2)21-12-14-25(3,33-21)13-11-17-5-10-20-22(23(17)30)26(18-6-8-19(28)9-7-18)15-27(26,32-4)24(31)29-20/h5-11,13,21,30H,1,12,14-15H2,2-4H3,(H,29,31)/b13-11+/t21-,25-,26+,27+/m0/s1. The molecule has 2 aliphatic heterocycles. The van der Waals surface area contributed by atoms with Crippen molar-refractivity contribution in [1.82, 2.24) is 0 Å². The van der Waals surface area contributed by atoms with E-state index in [-0.39, 0.29) is 17.8 Å². The highest BCUT2D eigenvalue weighted by Crippen LogP contribution is 2.69. The first-order valence-electron chi connectivity index (χ1n) is 11.2. The van der Waals surface area contributed by atoms with Crippen LogP contribution < -0.4 is 5.32 Å². The third kappa shape index (κ3) is 3.17. The van der Waals surface area contributed by atoms with Crippen molar-refractivity contribution >= 4 is 29.3 Å². The minimum atomic E-state index is -1.07. The quantitative estimate of drug-likeness (QED) is 0.564. The number of phenols is 1. The maximum Gasteiger partial charge on any atom is 0.257 e. The highest BCUT2D eigenvalue weighted by Gasteiger charge is 2.77. The van der Waals surface area contributed by atoms with Crippen molar-refractivity contribution in [1.29, 1.82) is 0 Å². The summed E-state index contributed by atoms with van der Waals surface area (Å²) in [5, 5.41) is 15.0. The fourth-order valence-electron chi connectivity index (χ4n) is 5.54. The smallest absolute Gasteiger partial charge is 0.257 e. The number of aromatic hydroxyl groups is 1. The van der Waals surface area contributed by atoms with Crippen molar-refractivity contribution in [2.45, 2.75) is 55.8 Å². The van der Waals surface area contributed by atoms with Crippen molar-refractivity contribution in [3.8, 4) is 5.75 Å². The van der Waals surface area contributed by atoms with Gasteiger partial charge in [0.25, 0.3) is 5.91 Å². The summed E-state index contributed by atoms with van der Waals surface area (Å²) in [5.74, 6) is -0.0662. The van der Waals surface area contributed by atoms with Crippen molar-refractivity contribution in [3.05, 3.63) is 76.3 Å². The van der Waals surface area contributed by atoms with Gasteiger partial charge in [0.15, 0.2) is 5.60 Å². The second-order valence-corrected chi connectivity index (χ2v) is 10.1. The Bertz CT molecular complexity index is 1190. The molecule has 2 heterocycles. The molecule has 0 aromatic heterocycles. The molecule has 1 aliphatic carbocycles. The van der Waals surface area contributed by atoms with Gasteiger partial charge in [-0.3, -0.25) is 4.79 Å². The van der Waals surface area contributed by atoms with Crippen LogP contribution in [-0.4, -0.2) is 35.4 Å². The normalized spacial score (nSPS) is 32.4. The number of anilines is 1. The highest BCUT2D eigenvalue weighted by atomic mass is 35.5. The van der Waals surface area contributed by atoms with E-state index in [0.717, 1.165) is 24.0 Å². The molecule has 1 saturated carbocycles. The van der Waals surface area contributed by atoms with E-state index in [0.29, 0.717) is 28.3 Å². The third-order valence-corrected chi connectivity index (χ3v) is 7.75. The van der Waals surface area contributed by atoms with Gasteiger partial charge < -0.3 is 19.9 Å². The largest absolute Gasteiger partial charge is 0.507 e. The Morgan fingerprint density at radius 2 is 2.03 bits per heavy atom. The third-order valence-electron chi connectivity index (χ3n) is 7.49. The predicted octanol–water partition coefficient (Wildman–Crippen LogP) is 5.60. The summed E-state index contributed by atoms with van der Waals surface area (Å²) >= 11 is 6.12. The molecule has 0 radical (unpaired) electrons. The molecule has 2 aromatic carbocycles. The molecule has 3 aliphatic rings. The number of carbonyl (C=O) groups excluding carboxylic acids is 1. The van der Waals surface area contributed by atoms with Crippen LogP contribution >= 0.6 is 11.6 Å². The fraction of sp³-hybridized carbons (Fsp3) is 0.370. The lowest BCUT2D eigenvalue weighted by atomic mass is 9.79. The number of rotatable bonds is 5. The Hall–Kier alpha value is -2.60. The number of nitrogens with one attached hydrogen (secondary N) is 1. The molecule has 5 rings (SSSR count). The number of halogens is 1. The van der Waals surface area contributed by atoms with Crippen LogP contribution in [0.25, 0.3) is 6.08 Å². The van der Waals surface area contributed by atoms with Crippen LogP contribution in [0.1, 0.15) is 49.8 Å². The maximum atomic E-state index is 13.0. The van der Waals surface area contributed by atoms with Crippen molar-refractivity contribution in [2.24, 2.45) is 0 Å². The SMILES string of the molecule is C=C(C)[C@@H]1CC[C@](C)(/C=C/c2ccc3c(c2O)[C@]2(c4ccc(Cl)cc4)C[C@@]2(OC)C(=O)N3)O1. The second kappa shape index (κ2) is 7.45. The maximum absolute atomic E-state index is 13.0. The molecule has 2 fully saturated rings. The average molecular weight is 466 g/mol. The Morgan fingerprint density at radius 1 is 1.30 bits per heavy atom. The summed E-state index contributed by atoms with van der Waals surface area (Å²) in [7, 11) is 1.54. The monoisotopic (exact) mass is 465 g/mol. The zero-order chi connectivity index (χ0) is 23.6. The number of fused-ring (bicyclic) bond motifs is 3. The van der Waals surface area contributed by atoms with Gasteiger partial charge in [-0.25, -0.2) is 0 Å². The topological polar surface area (TPSA) is 67.8 Å². The lowest BCUT2D eigenvalue weighted by Crippen LogP contribution is -2.43. The van der Waals surface area contributed by atoms with Crippen LogP contribution in [0.15, 0.2) is 54.6 Å². The van der Waals surface area contributed by atoms with Gasteiger partial charge in [0.05, 0.1) is 17.1 Å². The van der Waals surface area contributed by atoms with Gasteiger partial charge in [0.1, 0.15) is 5.75 Å². The van der Waals surface area contributed by atoms with Crippen LogP contribution in [0.2, 0.25) is 5.02 Å². The number of benzene rings is 2. The number of ether oxygens (including phenoxy) is 2. The molecule has 0 unspecified atom stereocenters. The van der Waals surface area contributed by atoms with Gasteiger partial charge in [0, 0.05) is 35.4 Å². The zero-order valence-corrected chi connectivity index (χ0v) is 19.8. The van der Waals surface area contributed by atoms with Crippen LogP contribution in [0.4, 0.5) is 5.69 Å². The second-order valence-electron chi connectivity index (χ2n) is 9.64. The van der Waals surface area contributed by atoms with Gasteiger partial charge in [-0.1, -0.05) is 48.0 Å². The van der Waals surface area contributed by atoms with Crippen molar-refractivity contribution in [3.63, 3.8) is 0 Å². The van der Waals surface area contributed by atoms with Crippen molar-refractivity contribution < 1.29 is 19.4 Å². The lowest BCUT2D eigenvalue weighted by molar-refractivity contribution is -0.129. The van der Waals surface area contributed by atoms with Crippen LogP contribution in [-0.2, 0) is 19.7 Å². The molecule has 4 atom stereocenters. The van der Waals surface area contributed by atoms with Crippen LogP contribution in [0.3, 0.4) is 0 Å². The fourth-order valence-corrected chi connectivity index (χ4v) is 5.67. The van der Waals surface area contributed by atoms with Gasteiger partial charge >= 0.3 is 0 Å². The molecule has 1 amide bonds. The van der Waals surface area contributed by atoms with Crippen LogP contribution in [0.5, 0.6) is 5.75 Å². The molecule has 1 saturated heterocycles. The first-order chi connectivity index (χ1) is 15.7. The van der Waals surface area contributed by atoms with Gasteiger partial charge in [0.2, 0.25) is 0 Å². The zero-order valence-electron chi connectivity index (χ0n) is 19.1. The molecule has 0 bridgehead atoms. The molecule has 2 aromatic rings. The first kappa shape index (κ1) is 22.2. The molecule has 2 N–H and O–H groups in total. The summed E-state index contributed by atoms with van der Waals surface area (Å²) in [5.41, 5.74) is 1.57.